The third-order valence-electron chi connectivity index (χ3n) is 0.841. The van der Waals surface area contributed by atoms with E-state index in [0.717, 1.165) is 15.2 Å². The van der Waals surface area contributed by atoms with Crippen LogP contribution in [0.25, 0.3) is 0 Å². The molecule has 54 valence electrons. The molecule has 1 atom stereocenters. The summed E-state index contributed by atoms with van der Waals surface area (Å²) in [4.78, 5) is 0. The molecule has 0 spiro atoms. The van der Waals surface area contributed by atoms with Crippen molar-refractivity contribution >= 4 is 8.58 Å². The Labute approximate surface area is 59.3 Å². The summed E-state index contributed by atoms with van der Waals surface area (Å²) in [5.74, 6) is 2.26. The lowest BCUT2D eigenvalue weighted by Crippen LogP contribution is -1.87. The number of methoxy groups -OCH3 is 1. The molecule has 1 nitrogen and oxygen atoms in total. The fourth-order valence-corrected chi connectivity index (χ4v) is 1.31. The molecule has 0 aromatic heterocycles. The number of hydrogen-bond acceptors (Lipinski definition) is 1. The Morgan fingerprint density at radius 1 is 1.56 bits per heavy atom. The molecule has 0 aliphatic heterocycles. The molecule has 0 saturated carbocycles. The Morgan fingerprint density at radius 3 is 2.67 bits per heavy atom. The van der Waals surface area contributed by atoms with Crippen LogP contribution in [0.3, 0.4) is 0 Å². The van der Waals surface area contributed by atoms with E-state index in [1.165, 1.54) is 11.7 Å². The smallest absolute Gasteiger partial charge is 0.0501 e. The lowest BCUT2D eigenvalue weighted by Gasteiger charge is -1.94. The van der Waals surface area contributed by atoms with E-state index in [-0.39, 0.29) is 0 Å². The maximum atomic E-state index is 4.90. The van der Waals surface area contributed by atoms with Gasteiger partial charge in [0.2, 0.25) is 0 Å². The first kappa shape index (κ1) is 9.13. The van der Waals surface area contributed by atoms with Crippen molar-refractivity contribution in [3.8, 4) is 0 Å². The van der Waals surface area contributed by atoms with Crippen LogP contribution in [-0.2, 0) is 4.74 Å². The molecule has 0 radical (unpaired) electrons. The summed E-state index contributed by atoms with van der Waals surface area (Å²) in [7, 11) is 2.68. The van der Waals surface area contributed by atoms with Gasteiger partial charge in [-0.05, 0) is 20.0 Å². The summed E-state index contributed by atoms with van der Waals surface area (Å²) < 4.78 is 4.90. The van der Waals surface area contributed by atoms with Gasteiger partial charge in [0, 0.05) is 7.11 Å². The van der Waals surface area contributed by atoms with Gasteiger partial charge in [-0.1, -0.05) is 20.0 Å². The molecule has 0 aliphatic rings. The monoisotopic (exact) mass is 146 g/mol. The van der Waals surface area contributed by atoms with Gasteiger partial charge in [-0.15, -0.1) is 0 Å². The van der Waals surface area contributed by atoms with Crippen LogP contribution < -0.4 is 0 Å². The summed E-state index contributed by atoms with van der Waals surface area (Å²) in [6.45, 7) is 5.14. The quantitative estimate of drug-likeness (QED) is 0.436. The van der Waals surface area contributed by atoms with Gasteiger partial charge in [-0.2, -0.15) is 0 Å². The SMILES string of the molecule is COCCPC=C(C)C. The lowest BCUT2D eigenvalue weighted by molar-refractivity contribution is 0.218. The van der Waals surface area contributed by atoms with Crippen molar-refractivity contribution in [2.24, 2.45) is 0 Å². The van der Waals surface area contributed by atoms with E-state index in [2.05, 4.69) is 19.7 Å². The lowest BCUT2D eigenvalue weighted by atomic mass is 10.4. The molecule has 0 heterocycles. The number of ether oxygens (including phenoxy) is 1. The van der Waals surface area contributed by atoms with Crippen LogP contribution in [0.5, 0.6) is 0 Å². The summed E-state index contributed by atoms with van der Waals surface area (Å²) in [6, 6.07) is 0. The second kappa shape index (κ2) is 6.25. The topological polar surface area (TPSA) is 9.23 Å². The van der Waals surface area contributed by atoms with Gasteiger partial charge >= 0.3 is 0 Å². The van der Waals surface area contributed by atoms with E-state index in [0.29, 0.717) is 0 Å². The van der Waals surface area contributed by atoms with Crippen LogP contribution in [0.4, 0.5) is 0 Å². The Hall–Kier alpha value is 0.130. The highest BCUT2D eigenvalue weighted by Crippen LogP contribution is 2.13. The second-order valence-corrected chi connectivity index (χ2v) is 3.37. The first-order valence-electron chi connectivity index (χ1n) is 3.13. The molecular weight excluding hydrogens is 131 g/mol. The fourth-order valence-electron chi connectivity index (χ4n) is 0.437. The van der Waals surface area contributed by atoms with Crippen LogP contribution in [0, 0.1) is 0 Å². The van der Waals surface area contributed by atoms with Crippen molar-refractivity contribution in [3.63, 3.8) is 0 Å². The summed E-state index contributed by atoms with van der Waals surface area (Å²) >= 11 is 0. The maximum Gasteiger partial charge on any atom is 0.0501 e. The highest BCUT2D eigenvalue weighted by molar-refractivity contribution is 7.41. The first-order valence-corrected chi connectivity index (χ1v) is 4.41. The Balaban J connectivity index is 3.00. The molecule has 0 fully saturated rings. The average Bonchev–Trinajstić information content (AvgIpc) is 1.80. The Kier molecular flexibility index (Phi) is 6.34. The molecule has 0 saturated heterocycles. The van der Waals surface area contributed by atoms with E-state index in [1.54, 1.807) is 7.11 Å². The normalized spacial score (nSPS) is 10.6. The van der Waals surface area contributed by atoms with Crippen molar-refractivity contribution in [1.29, 1.82) is 0 Å². The average molecular weight is 146 g/mol. The van der Waals surface area contributed by atoms with E-state index < -0.39 is 0 Å². The third-order valence-corrected chi connectivity index (χ3v) is 2.12. The maximum absolute atomic E-state index is 4.90. The largest absolute Gasteiger partial charge is 0.384 e. The van der Waals surface area contributed by atoms with Gasteiger partial charge in [0.25, 0.3) is 0 Å². The molecule has 0 bridgehead atoms. The van der Waals surface area contributed by atoms with Crippen molar-refractivity contribution in [2.45, 2.75) is 13.8 Å². The van der Waals surface area contributed by atoms with E-state index in [4.69, 9.17) is 4.74 Å². The van der Waals surface area contributed by atoms with Gasteiger partial charge < -0.3 is 4.74 Å². The highest BCUT2D eigenvalue weighted by Gasteiger charge is 1.80. The minimum absolute atomic E-state index is 0.891. The predicted molar refractivity (Wildman–Crippen MR) is 44.5 cm³/mol. The zero-order valence-electron chi connectivity index (χ0n) is 6.40. The highest BCUT2D eigenvalue weighted by atomic mass is 31.1. The molecule has 0 aromatic rings. The van der Waals surface area contributed by atoms with E-state index in [1.807, 2.05) is 0 Å². The third kappa shape index (κ3) is 8.13. The fraction of sp³-hybridized carbons (Fsp3) is 0.714. The zero-order chi connectivity index (χ0) is 7.11. The second-order valence-electron chi connectivity index (χ2n) is 2.17. The standard InChI is InChI=1S/C7H15OP/c1-7(2)6-9-5-4-8-3/h6,9H,4-5H2,1-3H3. The molecule has 9 heavy (non-hydrogen) atoms. The predicted octanol–water partition coefficient (Wildman–Crippen LogP) is 2.24. The molecule has 0 N–H and O–H groups in total. The van der Waals surface area contributed by atoms with Gasteiger partial charge in [0.05, 0.1) is 6.61 Å². The number of allylic oxidation sites excluding steroid dienone is 1. The molecule has 0 amide bonds. The molecular formula is C7H15OP. The number of rotatable bonds is 4. The van der Waals surface area contributed by atoms with Crippen LogP contribution >= 0.6 is 8.58 Å². The molecule has 0 aliphatic carbocycles. The van der Waals surface area contributed by atoms with Crippen molar-refractivity contribution in [1.82, 2.24) is 0 Å². The van der Waals surface area contributed by atoms with Crippen LogP contribution in [0.2, 0.25) is 0 Å². The Bertz CT molecular complexity index is 84.9. The summed E-state index contributed by atoms with van der Waals surface area (Å²) in [6.07, 6.45) is 1.17. The van der Waals surface area contributed by atoms with Crippen LogP contribution in [0.1, 0.15) is 13.8 Å². The van der Waals surface area contributed by atoms with Crippen molar-refractivity contribution in [3.05, 3.63) is 11.4 Å². The van der Waals surface area contributed by atoms with Gasteiger partial charge in [0.1, 0.15) is 0 Å². The zero-order valence-corrected chi connectivity index (χ0v) is 7.40. The molecule has 0 aromatic carbocycles. The molecule has 2 heteroatoms. The first-order chi connectivity index (χ1) is 4.27. The Morgan fingerprint density at radius 2 is 2.22 bits per heavy atom. The minimum atomic E-state index is 0.891. The molecule has 1 unspecified atom stereocenters. The van der Waals surface area contributed by atoms with E-state index >= 15 is 0 Å². The van der Waals surface area contributed by atoms with E-state index in [9.17, 15) is 0 Å². The molecule has 0 rings (SSSR count). The summed E-state index contributed by atoms with van der Waals surface area (Å²) in [5, 5.41) is 0. The van der Waals surface area contributed by atoms with Gasteiger partial charge in [-0.3, -0.25) is 0 Å². The van der Waals surface area contributed by atoms with Crippen molar-refractivity contribution < 1.29 is 4.74 Å². The number of hydrogen-bond donors (Lipinski definition) is 0. The van der Waals surface area contributed by atoms with Crippen LogP contribution in [-0.4, -0.2) is 19.9 Å². The summed E-state index contributed by atoms with van der Waals surface area (Å²) in [5.41, 5.74) is 1.41. The van der Waals surface area contributed by atoms with Gasteiger partial charge in [-0.25, -0.2) is 0 Å². The van der Waals surface area contributed by atoms with Crippen LogP contribution in [0.15, 0.2) is 11.4 Å². The minimum Gasteiger partial charge on any atom is -0.384 e. The van der Waals surface area contributed by atoms with Gasteiger partial charge in [0.15, 0.2) is 0 Å². The van der Waals surface area contributed by atoms with Crippen molar-refractivity contribution in [2.75, 3.05) is 19.9 Å².